The minimum atomic E-state index is 0.0655. The molecule has 0 unspecified atom stereocenters. The zero-order chi connectivity index (χ0) is 10.2. The summed E-state index contributed by atoms with van der Waals surface area (Å²) in [6.45, 7) is 1.88. The summed E-state index contributed by atoms with van der Waals surface area (Å²) in [5.41, 5.74) is 0. The van der Waals surface area contributed by atoms with Crippen molar-refractivity contribution in [3.8, 4) is 0 Å². The molecular formula is C10H16N2O2. The van der Waals surface area contributed by atoms with Crippen LogP contribution in [0.25, 0.3) is 0 Å². The number of carbonyl (C=O) groups is 1. The second-order valence-corrected chi connectivity index (χ2v) is 3.01. The van der Waals surface area contributed by atoms with Crippen LogP contribution in [0.3, 0.4) is 0 Å². The van der Waals surface area contributed by atoms with Gasteiger partial charge in [-0.15, -0.1) is 0 Å². The fraction of sp³-hybridized carbons (Fsp3) is 0.500. The first-order chi connectivity index (χ1) is 6.83. The Morgan fingerprint density at radius 2 is 2.14 bits per heavy atom. The summed E-state index contributed by atoms with van der Waals surface area (Å²) in [5.74, 6) is 0.0655. The molecule has 1 N–H and O–H groups in total. The van der Waals surface area contributed by atoms with Crippen LogP contribution in [0, 0.1) is 0 Å². The molecule has 0 aliphatic rings. The van der Waals surface area contributed by atoms with Gasteiger partial charge >= 0.3 is 0 Å². The van der Waals surface area contributed by atoms with E-state index in [1.807, 2.05) is 29.1 Å². The van der Waals surface area contributed by atoms with E-state index in [9.17, 15) is 4.79 Å². The molecule has 4 nitrogen and oxygen atoms in total. The molecule has 0 radical (unpaired) electrons. The molecule has 4 heteroatoms. The van der Waals surface area contributed by atoms with Gasteiger partial charge in [0.1, 0.15) is 0 Å². The van der Waals surface area contributed by atoms with Crippen molar-refractivity contribution >= 4 is 5.91 Å². The SMILES string of the molecule is COCCNC(=O)CCn1cccc1. The number of hydrogen-bond donors (Lipinski definition) is 1. The third-order valence-corrected chi connectivity index (χ3v) is 1.89. The molecule has 0 aromatic carbocycles. The molecule has 14 heavy (non-hydrogen) atoms. The highest BCUT2D eigenvalue weighted by atomic mass is 16.5. The second-order valence-electron chi connectivity index (χ2n) is 3.01. The number of carbonyl (C=O) groups excluding carboxylic acids is 1. The first-order valence-corrected chi connectivity index (χ1v) is 4.69. The van der Waals surface area contributed by atoms with E-state index >= 15 is 0 Å². The summed E-state index contributed by atoms with van der Waals surface area (Å²) < 4.78 is 6.80. The zero-order valence-corrected chi connectivity index (χ0v) is 8.40. The Kier molecular flexibility index (Phi) is 4.78. The summed E-state index contributed by atoms with van der Waals surface area (Å²) in [4.78, 5) is 11.2. The number of aromatic nitrogens is 1. The Morgan fingerprint density at radius 3 is 2.79 bits per heavy atom. The molecule has 0 atom stereocenters. The van der Waals surface area contributed by atoms with Gasteiger partial charge in [0.05, 0.1) is 6.61 Å². The van der Waals surface area contributed by atoms with Gasteiger partial charge in [0.15, 0.2) is 0 Å². The van der Waals surface area contributed by atoms with Crippen LogP contribution in [0.1, 0.15) is 6.42 Å². The monoisotopic (exact) mass is 196 g/mol. The Balaban J connectivity index is 2.09. The van der Waals surface area contributed by atoms with Gasteiger partial charge in [0, 0.05) is 39.0 Å². The maximum atomic E-state index is 11.2. The quantitative estimate of drug-likeness (QED) is 0.678. The lowest BCUT2D eigenvalue weighted by atomic mass is 10.4. The van der Waals surface area contributed by atoms with Gasteiger partial charge in [-0.3, -0.25) is 4.79 Å². The van der Waals surface area contributed by atoms with E-state index in [1.165, 1.54) is 0 Å². The molecular weight excluding hydrogens is 180 g/mol. The topological polar surface area (TPSA) is 43.3 Å². The molecule has 0 saturated heterocycles. The van der Waals surface area contributed by atoms with Crippen LogP contribution < -0.4 is 5.32 Å². The van der Waals surface area contributed by atoms with Crippen molar-refractivity contribution in [2.45, 2.75) is 13.0 Å². The molecule has 1 aromatic rings. The zero-order valence-electron chi connectivity index (χ0n) is 8.40. The fourth-order valence-corrected chi connectivity index (χ4v) is 1.13. The third-order valence-electron chi connectivity index (χ3n) is 1.89. The van der Waals surface area contributed by atoms with E-state index in [1.54, 1.807) is 7.11 Å². The second kappa shape index (κ2) is 6.21. The van der Waals surface area contributed by atoms with Crippen LogP contribution in [-0.2, 0) is 16.1 Å². The molecule has 78 valence electrons. The van der Waals surface area contributed by atoms with E-state index in [0.29, 0.717) is 19.6 Å². The lowest BCUT2D eigenvalue weighted by Crippen LogP contribution is -2.27. The van der Waals surface area contributed by atoms with Gasteiger partial charge in [-0.05, 0) is 12.1 Å². The van der Waals surface area contributed by atoms with E-state index < -0.39 is 0 Å². The van der Waals surface area contributed by atoms with Gasteiger partial charge in [-0.1, -0.05) is 0 Å². The van der Waals surface area contributed by atoms with Crippen LogP contribution in [0.2, 0.25) is 0 Å². The van der Waals surface area contributed by atoms with Gasteiger partial charge < -0.3 is 14.6 Å². The van der Waals surface area contributed by atoms with E-state index in [2.05, 4.69) is 5.32 Å². The van der Waals surface area contributed by atoms with Crippen molar-refractivity contribution in [3.63, 3.8) is 0 Å². The smallest absolute Gasteiger partial charge is 0.221 e. The summed E-state index contributed by atoms with van der Waals surface area (Å²) >= 11 is 0. The Bertz CT molecular complexity index is 257. The number of hydrogen-bond acceptors (Lipinski definition) is 2. The predicted molar refractivity (Wildman–Crippen MR) is 53.9 cm³/mol. The molecule has 0 aliphatic heterocycles. The Morgan fingerprint density at radius 1 is 1.43 bits per heavy atom. The minimum absolute atomic E-state index is 0.0655. The van der Waals surface area contributed by atoms with Crippen LogP contribution in [-0.4, -0.2) is 30.7 Å². The number of ether oxygens (including phenoxy) is 1. The average molecular weight is 196 g/mol. The summed E-state index contributed by atoms with van der Waals surface area (Å²) in [7, 11) is 1.62. The van der Waals surface area contributed by atoms with Crippen molar-refractivity contribution in [1.82, 2.24) is 9.88 Å². The molecule has 0 saturated carbocycles. The standard InChI is InChI=1S/C10H16N2O2/c1-14-9-5-11-10(13)4-8-12-6-2-3-7-12/h2-3,6-7H,4-5,8-9H2,1H3,(H,11,13). The number of amides is 1. The third kappa shape index (κ3) is 4.09. The summed E-state index contributed by atoms with van der Waals surface area (Å²) in [5, 5.41) is 2.77. The van der Waals surface area contributed by atoms with Crippen molar-refractivity contribution in [3.05, 3.63) is 24.5 Å². The maximum Gasteiger partial charge on any atom is 0.221 e. The number of nitrogens with zero attached hydrogens (tertiary/aromatic N) is 1. The molecule has 0 spiro atoms. The average Bonchev–Trinajstić information content (AvgIpc) is 2.68. The highest BCUT2D eigenvalue weighted by molar-refractivity contribution is 5.75. The molecule has 1 heterocycles. The molecule has 1 aromatic heterocycles. The first kappa shape index (κ1) is 10.8. The van der Waals surface area contributed by atoms with Gasteiger partial charge in [-0.2, -0.15) is 0 Å². The molecule has 0 fully saturated rings. The van der Waals surface area contributed by atoms with Gasteiger partial charge in [-0.25, -0.2) is 0 Å². The Hall–Kier alpha value is -1.29. The lowest BCUT2D eigenvalue weighted by molar-refractivity contribution is -0.121. The van der Waals surface area contributed by atoms with E-state index in [0.717, 1.165) is 6.54 Å². The van der Waals surface area contributed by atoms with Crippen LogP contribution in [0.4, 0.5) is 0 Å². The number of methoxy groups -OCH3 is 1. The van der Waals surface area contributed by atoms with Gasteiger partial charge in [0.25, 0.3) is 0 Å². The molecule has 1 rings (SSSR count). The summed E-state index contributed by atoms with van der Waals surface area (Å²) in [6, 6.07) is 3.89. The number of rotatable bonds is 6. The van der Waals surface area contributed by atoms with Gasteiger partial charge in [0.2, 0.25) is 5.91 Å². The minimum Gasteiger partial charge on any atom is -0.383 e. The predicted octanol–water partition coefficient (Wildman–Crippen LogP) is 0.641. The van der Waals surface area contributed by atoms with Crippen LogP contribution >= 0.6 is 0 Å². The molecule has 0 bridgehead atoms. The highest BCUT2D eigenvalue weighted by Crippen LogP contribution is 1.92. The maximum absolute atomic E-state index is 11.2. The number of aryl methyl sites for hydroxylation is 1. The number of nitrogens with one attached hydrogen (secondary N) is 1. The van der Waals surface area contributed by atoms with Crippen LogP contribution in [0.5, 0.6) is 0 Å². The Labute approximate surface area is 83.9 Å². The van der Waals surface area contributed by atoms with Crippen LogP contribution in [0.15, 0.2) is 24.5 Å². The lowest BCUT2D eigenvalue weighted by Gasteiger charge is -2.04. The first-order valence-electron chi connectivity index (χ1n) is 4.69. The van der Waals surface area contributed by atoms with Crippen molar-refractivity contribution in [2.75, 3.05) is 20.3 Å². The van der Waals surface area contributed by atoms with Crippen molar-refractivity contribution < 1.29 is 9.53 Å². The van der Waals surface area contributed by atoms with E-state index in [4.69, 9.17) is 4.74 Å². The van der Waals surface area contributed by atoms with E-state index in [-0.39, 0.29) is 5.91 Å². The van der Waals surface area contributed by atoms with Crippen molar-refractivity contribution in [1.29, 1.82) is 0 Å². The van der Waals surface area contributed by atoms with Crippen molar-refractivity contribution in [2.24, 2.45) is 0 Å². The molecule has 0 aliphatic carbocycles. The fourth-order valence-electron chi connectivity index (χ4n) is 1.13. The largest absolute Gasteiger partial charge is 0.383 e. The molecule has 1 amide bonds. The summed E-state index contributed by atoms with van der Waals surface area (Å²) in [6.07, 6.45) is 4.41. The normalized spacial score (nSPS) is 10.1. The highest BCUT2D eigenvalue weighted by Gasteiger charge is 1.99.